The number of H-pyrrole nitrogens is 1. The number of para-hydroxylation sites is 1. The Labute approximate surface area is 149 Å². The smallest absolute Gasteiger partial charge is 0.0557 e. The molecule has 3 fully saturated rings. The van der Waals surface area contributed by atoms with Crippen LogP contribution in [-0.2, 0) is 16.6 Å². The third-order valence-electron chi connectivity index (χ3n) is 7.12. The molecule has 4 bridgehead atoms. The lowest BCUT2D eigenvalue weighted by molar-refractivity contribution is -0.0826. The predicted octanol–water partition coefficient (Wildman–Crippen LogP) is 2.70. The van der Waals surface area contributed by atoms with Gasteiger partial charge in [0.15, 0.2) is 0 Å². The van der Waals surface area contributed by atoms with Crippen molar-refractivity contribution in [3.05, 3.63) is 35.5 Å². The summed E-state index contributed by atoms with van der Waals surface area (Å²) in [5.74, 6) is 1.31. The molecule has 0 radical (unpaired) electrons. The molecule has 134 valence electrons. The van der Waals surface area contributed by atoms with Gasteiger partial charge in [-0.05, 0) is 49.1 Å². The van der Waals surface area contributed by atoms with Crippen LogP contribution in [0.2, 0.25) is 0 Å². The largest absolute Gasteiger partial charge is 0.395 e. The highest BCUT2D eigenvalue weighted by atomic mass is 16.5. The second-order valence-corrected chi connectivity index (χ2v) is 8.38. The minimum Gasteiger partial charge on any atom is -0.395 e. The van der Waals surface area contributed by atoms with Crippen LogP contribution in [0.15, 0.2) is 24.3 Å². The number of hydrogen-bond acceptors (Lipinski definition) is 3. The van der Waals surface area contributed by atoms with Crippen molar-refractivity contribution in [3.63, 3.8) is 0 Å². The first-order valence-electron chi connectivity index (χ1n) is 9.71. The summed E-state index contributed by atoms with van der Waals surface area (Å²) >= 11 is 0. The van der Waals surface area contributed by atoms with Crippen molar-refractivity contribution in [2.45, 2.75) is 37.1 Å². The summed E-state index contributed by atoms with van der Waals surface area (Å²) in [6.45, 7) is 3.39. The van der Waals surface area contributed by atoms with Gasteiger partial charge in [-0.3, -0.25) is 4.90 Å². The van der Waals surface area contributed by atoms with Crippen LogP contribution in [0.3, 0.4) is 0 Å². The lowest BCUT2D eigenvalue weighted by Gasteiger charge is -2.59. The van der Waals surface area contributed by atoms with Gasteiger partial charge in [-0.15, -0.1) is 0 Å². The lowest BCUT2D eigenvalue weighted by atomic mass is 9.56. The van der Waals surface area contributed by atoms with Gasteiger partial charge in [0.1, 0.15) is 0 Å². The van der Waals surface area contributed by atoms with E-state index in [4.69, 9.17) is 4.74 Å². The summed E-state index contributed by atoms with van der Waals surface area (Å²) in [6.07, 6.45) is 4.60. The zero-order valence-electron chi connectivity index (χ0n) is 15.0. The summed E-state index contributed by atoms with van der Waals surface area (Å²) in [4.78, 5) is 6.44. The minimum atomic E-state index is -0.134. The van der Waals surface area contributed by atoms with Crippen molar-refractivity contribution >= 4 is 10.9 Å². The third-order valence-corrected chi connectivity index (χ3v) is 7.12. The topological polar surface area (TPSA) is 48.5 Å². The van der Waals surface area contributed by atoms with Gasteiger partial charge >= 0.3 is 0 Å². The number of hydrogen-bond donors (Lipinski definition) is 2. The Morgan fingerprint density at radius 3 is 3.08 bits per heavy atom. The molecule has 1 aromatic heterocycles. The molecule has 2 N–H and O–H groups in total. The fourth-order valence-corrected chi connectivity index (χ4v) is 6.36. The quantitative estimate of drug-likeness (QED) is 0.900. The van der Waals surface area contributed by atoms with E-state index in [-0.39, 0.29) is 12.0 Å². The van der Waals surface area contributed by atoms with Gasteiger partial charge in [-0.25, -0.2) is 0 Å². The van der Waals surface area contributed by atoms with Gasteiger partial charge in [0.2, 0.25) is 0 Å². The summed E-state index contributed by atoms with van der Waals surface area (Å²) in [7, 11) is 1.80. The standard InChI is InChI=1S/C21H28N2O2/c1-25-9-7-15-10-14-11-21(13-24)19-17(6-8-23(12-14)20(15)21)16-4-2-3-5-18(16)22-19/h2-5,14-15,20,22,24H,6-13H2,1H3. The summed E-state index contributed by atoms with van der Waals surface area (Å²) in [5.41, 5.74) is 3.87. The van der Waals surface area contributed by atoms with E-state index in [1.54, 1.807) is 7.11 Å². The molecule has 0 amide bonds. The van der Waals surface area contributed by atoms with Crippen LogP contribution in [0.25, 0.3) is 10.9 Å². The van der Waals surface area contributed by atoms with E-state index in [1.165, 1.54) is 35.1 Å². The highest BCUT2D eigenvalue weighted by Gasteiger charge is 2.58. The van der Waals surface area contributed by atoms with Crippen molar-refractivity contribution in [3.8, 4) is 0 Å². The molecule has 1 aromatic carbocycles. The van der Waals surface area contributed by atoms with Gasteiger partial charge in [0.25, 0.3) is 0 Å². The molecule has 0 spiro atoms. The number of benzene rings is 1. The number of aromatic amines is 1. The molecule has 1 aliphatic carbocycles. The Morgan fingerprint density at radius 2 is 2.24 bits per heavy atom. The number of fused-ring (bicyclic) bond motifs is 4. The number of methoxy groups -OCH3 is 1. The number of piperidine rings is 2. The van der Waals surface area contributed by atoms with Crippen molar-refractivity contribution in [2.24, 2.45) is 11.8 Å². The van der Waals surface area contributed by atoms with E-state index in [2.05, 4.69) is 34.1 Å². The number of aromatic nitrogens is 1. The van der Waals surface area contributed by atoms with Crippen molar-refractivity contribution in [1.82, 2.24) is 9.88 Å². The number of rotatable bonds is 4. The minimum absolute atomic E-state index is 0.134. The lowest BCUT2D eigenvalue weighted by Crippen LogP contribution is -2.65. The van der Waals surface area contributed by atoms with Gasteiger partial charge in [-0.2, -0.15) is 0 Å². The first-order valence-corrected chi connectivity index (χ1v) is 9.71. The summed E-state index contributed by atoms with van der Waals surface area (Å²) in [5, 5.41) is 12.0. The average molecular weight is 340 g/mol. The van der Waals surface area contributed by atoms with Gasteiger partial charge in [0, 0.05) is 54.9 Å². The van der Waals surface area contributed by atoms with E-state index in [0.717, 1.165) is 32.4 Å². The van der Waals surface area contributed by atoms with Crippen LogP contribution in [0.1, 0.15) is 30.5 Å². The van der Waals surface area contributed by atoms with Crippen LogP contribution >= 0.6 is 0 Å². The summed E-state index contributed by atoms with van der Waals surface area (Å²) in [6, 6.07) is 9.08. The van der Waals surface area contributed by atoms with Crippen LogP contribution in [0.4, 0.5) is 0 Å². The molecular formula is C21H28N2O2. The van der Waals surface area contributed by atoms with Gasteiger partial charge < -0.3 is 14.8 Å². The average Bonchev–Trinajstić information content (AvgIpc) is 2.99. The fraction of sp³-hybridized carbons (Fsp3) is 0.619. The maximum absolute atomic E-state index is 10.7. The van der Waals surface area contributed by atoms with Crippen molar-refractivity contribution in [2.75, 3.05) is 33.4 Å². The highest BCUT2D eigenvalue weighted by Crippen LogP contribution is 2.54. The Bertz CT molecular complexity index is 785. The first-order chi connectivity index (χ1) is 12.3. The molecule has 4 nitrogen and oxygen atoms in total. The van der Waals surface area contributed by atoms with Crippen LogP contribution < -0.4 is 0 Å². The molecule has 2 aromatic rings. The number of nitrogens with zero attached hydrogens (tertiary/aromatic N) is 1. The Kier molecular flexibility index (Phi) is 3.70. The molecule has 25 heavy (non-hydrogen) atoms. The molecular weight excluding hydrogens is 312 g/mol. The monoisotopic (exact) mass is 340 g/mol. The van der Waals surface area contributed by atoms with E-state index < -0.39 is 0 Å². The second-order valence-electron chi connectivity index (χ2n) is 8.38. The number of ether oxygens (including phenoxy) is 1. The maximum Gasteiger partial charge on any atom is 0.0557 e. The molecule has 6 rings (SSSR count). The molecule has 3 aliphatic heterocycles. The normalized spacial score (nSPS) is 36.4. The molecule has 4 aliphatic rings. The Hall–Kier alpha value is -1.36. The zero-order chi connectivity index (χ0) is 17.0. The first kappa shape index (κ1) is 15.9. The number of nitrogens with one attached hydrogen (secondary N) is 1. The molecule has 4 heterocycles. The molecule has 5 atom stereocenters. The predicted molar refractivity (Wildman–Crippen MR) is 98.8 cm³/mol. The highest BCUT2D eigenvalue weighted by molar-refractivity contribution is 5.85. The molecule has 1 saturated carbocycles. The van der Waals surface area contributed by atoms with Crippen LogP contribution in [0.5, 0.6) is 0 Å². The maximum atomic E-state index is 10.7. The zero-order valence-corrected chi connectivity index (χ0v) is 15.0. The molecule has 5 unspecified atom stereocenters. The Balaban J connectivity index is 1.67. The molecule has 2 saturated heterocycles. The van der Waals surface area contributed by atoms with E-state index in [0.29, 0.717) is 17.9 Å². The van der Waals surface area contributed by atoms with E-state index in [9.17, 15) is 5.11 Å². The van der Waals surface area contributed by atoms with Gasteiger partial charge in [0.05, 0.1) is 6.61 Å². The van der Waals surface area contributed by atoms with Gasteiger partial charge in [-0.1, -0.05) is 18.2 Å². The van der Waals surface area contributed by atoms with Crippen LogP contribution in [-0.4, -0.2) is 54.4 Å². The SMILES string of the molecule is COCCC1CC2CN3CCc4c([nH]c5ccccc45)C(CO)(C2)C13. The van der Waals surface area contributed by atoms with E-state index in [1.807, 2.05) is 0 Å². The van der Waals surface area contributed by atoms with Crippen molar-refractivity contribution in [1.29, 1.82) is 0 Å². The second kappa shape index (κ2) is 5.83. The van der Waals surface area contributed by atoms with Crippen molar-refractivity contribution < 1.29 is 9.84 Å². The fourth-order valence-electron chi connectivity index (χ4n) is 6.36. The van der Waals surface area contributed by atoms with Crippen LogP contribution in [0, 0.1) is 11.8 Å². The number of aliphatic hydroxyl groups is 1. The van der Waals surface area contributed by atoms with E-state index >= 15 is 0 Å². The third kappa shape index (κ3) is 2.17. The summed E-state index contributed by atoms with van der Waals surface area (Å²) < 4.78 is 5.40. The molecule has 4 heteroatoms. The Morgan fingerprint density at radius 1 is 1.36 bits per heavy atom. The number of aliphatic hydroxyl groups excluding tert-OH is 1.